The number of carboxylic acids is 1. The third kappa shape index (κ3) is 2.55. The van der Waals surface area contributed by atoms with Gasteiger partial charge in [-0.15, -0.1) is 5.10 Å². The number of carboxylic acid groups (broad SMARTS) is 1. The van der Waals surface area contributed by atoms with E-state index in [0.29, 0.717) is 0 Å². The van der Waals surface area contributed by atoms with Crippen LogP contribution in [0.2, 0.25) is 0 Å². The summed E-state index contributed by atoms with van der Waals surface area (Å²) in [5.41, 5.74) is -0.465. The predicted molar refractivity (Wildman–Crippen MR) is 67.9 cm³/mol. The minimum absolute atomic E-state index is 0.165. The summed E-state index contributed by atoms with van der Waals surface area (Å²) >= 11 is 0. The fourth-order valence-corrected chi connectivity index (χ4v) is 2.04. The van der Waals surface area contributed by atoms with Crippen molar-refractivity contribution in [3.63, 3.8) is 0 Å². The number of carbonyl (C=O) groups is 1. The van der Waals surface area contributed by atoms with Gasteiger partial charge in [0.2, 0.25) is 5.95 Å². The van der Waals surface area contributed by atoms with E-state index in [-0.39, 0.29) is 5.76 Å². The second kappa shape index (κ2) is 5.07. The number of aromatic nitrogens is 3. The van der Waals surface area contributed by atoms with Gasteiger partial charge in [0.15, 0.2) is 0 Å². The lowest BCUT2D eigenvalue weighted by atomic mass is 10.1. The minimum atomic E-state index is -4.85. The summed E-state index contributed by atoms with van der Waals surface area (Å²) in [5.74, 6) is -4.24. The van der Waals surface area contributed by atoms with Gasteiger partial charge in [-0.1, -0.05) is 0 Å². The number of alkyl halides is 3. The Labute approximate surface area is 129 Å². The SMILES string of the molecule is O=C(O)C1=CC(c2ccc([N+](=O)[O-])o2)n2nc(C(F)(F)F)nc2N1. The van der Waals surface area contributed by atoms with Gasteiger partial charge in [0.1, 0.15) is 22.4 Å². The van der Waals surface area contributed by atoms with E-state index in [2.05, 4.69) is 15.4 Å². The lowest BCUT2D eigenvalue weighted by Gasteiger charge is -2.20. The number of hydrogen-bond donors (Lipinski definition) is 2. The molecule has 0 bridgehead atoms. The first-order valence-electron chi connectivity index (χ1n) is 6.17. The van der Waals surface area contributed by atoms with E-state index in [1.807, 2.05) is 0 Å². The molecule has 0 spiro atoms. The summed E-state index contributed by atoms with van der Waals surface area (Å²) in [6.45, 7) is 0. The average molecular weight is 345 g/mol. The van der Waals surface area contributed by atoms with Crippen LogP contribution in [-0.4, -0.2) is 30.8 Å². The van der Waals surface area contributed by atoms with Crippen molar-refractivity contribution in [3.05, 3.63) is 45.6 Å². The van der Waals surface area contributed by atoms with Crippen molar-refractivity contribution < 1.29 is 32.4 Å². The molecule has 1 aliphatic rings. The molecule has 1 aliphatic heterocycles. The molecule has 0 saturated heterocycles. The van der Waals surface area contributed by atoms with E-state index in [1.54, 1.807) is 0 Å². The van der Waals surface area contributed by atoms with Gasteiger partial charge >= 0.3 is 18.0 Å². The van der Waals surface area contributed by atoms with Crippen LogP contribution in [0.4, 0.5) is 25.0 Å². The smallest absolute Gasteiger partial charge is 0.453 e. The zero-order valence-electron chi connectivity index (χ0n) is 11.3. The maximum absolute atomic E-state index is 12.8. The van der Waals surface area contributed by atoms with Crippen molar-refractivity contribution in [1.82, 2.24) is 14.8 Å². The molecule has 126 valence electrons. The molecule has 0 aromatic carbocycles. The van der Waals surface area contributed by atoms with E-state index in [9.17, 15) is 28.1 Å². The standard InChI is InChI=1S/C11H6F3N5O5/c12-11(13,14)9-16-10-15-4(8(20)21)3-5(18(10)17-9)6-1-2-7(24-6)19(22)23/h1-3,5H,(H,20,21)(H,15,16,17). The molecule has 0 radical (unpaired) electrons. The maximum atomic E-state index is 12.8. The third-order valence-corrected chi connectivity index (χ3v) is 3.03. The Morgan fingerprint density at radius 3 is 2.71 bits per heavy atom. The topological polar surface area (TPSA) is 136 Å². The monoisotopic (exact) mass is 345 g/mol. The molecule has 1 atom stereocenters. The first kappa shape index (κ1) is 15.5. The van der Waals surface area contributed by atoms with Crippen molar-refractivity contribution in [2.24, 2.45) is 0 Å². The van der Waals surface area contributed by atoms with Gasteiger partial charge in [0.05, 0.1) is 6.07 Å². The van der Waals surface area contributed by atoms with E-state index >= 15 is 0 Å². The number of furan rings is 1. The van der Waals surface area contributed by atoms with Crippen molar-refractivity contribution in [2.75, 3.05) is 5.32 Å². The fourth-order valence-electron chi connectivity index (χ4n) is 2.04. The molecule has 13 heteroatoms. The molecule has 2 aromatic rings. The number of aliphatic carboxylic acids is 1. The first-order chi connectivity index (χ1) is 11.2. The molecular weight excluding hydrogens is 339 g/mol. The van der Waals surface area contributed by atoms with Crippen LogP contribution < -0.4 is 5.32 Å². The van der Waals surface area contributed by atoms with E-state index in [4.69, 9.17) is 9.52 Å². The molecule has 3 rings (SSSR count). The molecule has 2 N–H and O–H groups in total. The molecule has 0 saturated carbocycles. The second-order valence-electron chi connectivity index (χ2n) is 4.59. The van der Waals surface area contributed by atoms with Crippen LogP contribution in [0.5, 0.6) is 0 Å². The third-order valence-electron chi connectivity index (χ3n) is 3.03. The summed E-state index contributed by atoms with van der Waals surface area (Å²) in [7, 11) is 0. The van der Waals surface area contributed by atoms with Crippen molar-refractivity contribution in [2.45, 2.75) is 12.2 Å². The number of nitrogens with one attached hydrogen (secondary N) is 1. The molecule has 0 amide bonds. The molecule has 10 nitrogen and oxygen atoms in total. The zero-order valence-corrected chi connectivity index (χ0v) is 11.3. The first-order valence-corrected chi connectivity index (χ1v) is 6.17. The van der Waals surface area contributed by atoms with Gasteiger partial charge in [-0.3, -0.25) is 10.1 Å². The second-order valence-corrected chi connectivity index (χ2v) is 4.59. The number of halogens is 3. The lowest BCUT2D eigenvalue weighted by Crippen LogP contribution is -2.24. The van der Waals surface area contributed by atoms with Gasteiger partial charge in [0.25, 0.3) is 5.82 Å². The van der Waals surface area contributed by atoms with Crippen LogP contribution >= 0.6 is 0 Å². The van der Waals surface area contributed by atoms with Crippen molar-refractivity contribution in [1.29, 1.82) is 0 Å². The summed E-state index contributed by atoms with van der Waals surface area (Å²) in [5, 5.41) is 25.2. The summed E-state index contributed by atoms with van der Waals surface area (Å²) in [6.07, 6.45) is -3.85. The Morgan fingerprint density at radius 1 is 1.46 bits per heavy atom. The predicted octanol–water partition coefficient (Wildman–Crippen LogP) is 1.78. The number of anilines is 1. The number of fused-ring (bicyclic) bond motifs is 1. The van der Waals surface area contributed by atoms with Gasteiger partial charge in [-0.05, 0) is 12.1 Å². The van der Waals surface area contributed by atoms with Gasteiger partial charge in [-0.2, -0.15) is 18.2 Å². The molecule has 2 aromatic heterocycles. The Hall–Kier alpha value is -3.38. The Morgan fingerprint density at radius 2 is 2.17 bits per heavy atom. The quantitative estimate of drug-likeness (QED) is 0.634. The van der Waals surface area contributed by atoms with Crippen molar-refractivity contribution >= 4 is 17.8 Å². The Balaban J connectivity index is 2.11. The van der Waals surface area contributed by atoms with Crippen LogP contribution in [0, 0.1) is 10.1 Å². The Bertz CT molecular complexity index is 868. The highest BCUT2D eigenvalue weighted by Gasteiger charge is 2.40. The highest BCUT2D eigenvalue weighted by Crippen LogP contribution is 2.34. The molecule has 24 heavy (non-hydrogen) atoms. The number of allylic oxidation sites excluding steroid dienone is 1. The molecule has 0 fully saturated rings. The average Bonchev–Trinajstić information content (AvgIpc) is 3.12. The molecule has 1 unspecified atom stereocenters. The number of nitrogens with zero attached hydrogens (tertiary/aromatic N) is 4. The summed E-state index contributed by atoms with van der Waals surface area (Å²) in [6, 6.07) is 0.889. The maximum Gasteiger partial charge on any atom is 0.453 e. The van der Waals surface area contributed by atoms with E-state index in [1.165, 1.54) is 0 Å². The highest BCUT2D eigenvalue weighted by atomic mass is 19.4. The number of nitro groups is 1. The summed E-state index contributed by atoms with van der Waals surface area (Å²) in [4.78, 5) is 24.1. The molecule has 3 heterocycles. The number of hydrogen-bond acceptors (Lipinski definition) is 7. The highest BCUT2D eigenvalue weighted by molar-refractivity contribution is 5.90. The fraction of sp³-hybridized carbons (Fsp3) is 0.182. The lowest BCUT2D eigenvalue weighted by molar-refractivity contribution is -0.402. The van der Waals surface area contributed by atoms with Crippen LogP contribution in [0.15, 0.2) is 28.3 Å². The van der Waals surface area contributed by atoms with Gasteiger partial charge in [-0.25, -0.2) is 9.48 Å². The summed E-state index contributed by atoms with van der Waals surface area (Å²) < 4.78 is 43.9. The largest absolute Gasteiger partial charge is 0.477 e. The normalized spacial score (nSPS) is 17.0. The van der Waals surface area contributed by atoms with Crippen molar-refractivity contribution in [3.8, 4) is 0 Å². The number of rotatable bonds is 3. The van der Waals surface area contributed by atoms with Gasteiger partial charge in [0, 0.05) is 0 Å². The van der Waals surface area contributed by atoms with Crippen LogP contribution in [0.25, 0.3) is 0 Å². The molecule has 0 aliphatic carbocycles. The van der Waals surface area contributed by atoms with Crippen LogP contribution in [-0.2, 0) is 11.0 Å². The zero-order chi connectivity index (χ0) is 17.6. The van der Waals surface area contributed by atoms with Gasteiger partial charge < -0.3 is 14.8 Å². The Kier molecular flexibility index (Phi) is 3.28. The van der Waals surface area contributed by atoms with E-state index in [0.717, 1.165) is 22.9 Å². The van der Waals surface area contributed by atoms with Crippen LogP contribution in [0.3, 0.4) is 0 Å². The minimum Gasteiger partial charge on any atom is -0.477 e. The molecular formula is C11H6F3N5O5. The van der Waals surface area contributed by atoms with Crippen LogP contribution in [0.1, 0.15) is 17.6 Å². The van der Waals surface area contributed by atoms with E-state index < -0.39 is 46.5 Å².